The summed E-state index contributed by atoms with van der Waals surface area (Å²) in [5.41, 5.74) is 7.06. The number of hydrogen-bond donors (Lipinski definition) is 2. The Kier molecular flexibility index (Phi) is 3.52. The van der Waals surface area contributed by atoms with Crippen LogP contribution in [0.5, 0.6) is 0 Å². The van der Waals surface area contributed by atoms with Crippen molar-refractivity contribution in [3.05, 3.63) is 35.7 Å². The van der Waals surface area contributed by atoms with E-state index in [9.17, 15) is 9.59 Å². The minimum Gasteiger partial charge on any atom is -0.272 e. The van der Waals surface area contributed by atoms with Gasteiger partial charge in [-0.1, -0.05) is 29.5 Å². The molecule has 1 aromatic heterocycles. The second-order valence-corrected chi connectivity index (χ2v) is 5.71. The largest absolute Gasteiger partial charge is 0.288 e. The van der Waals surface area contributed by atoms with E-state index in [1.807, 2.05) is 0 Å². The van der Waals surface area contributed by atoms with Gasteiger partial charge in [-0.2, -0.15) is 10.2 Å². The van der Waals surface area contributed by atoms with Crippen LogP contribution in [0.4, 0.5) is 0 Å². The summed E-state index contributed by atoms with van der Waals surface area (Å²) in [5.74, 6) is -1.50. The van der Waals surface area contributed by atoms with Crippen molar-refractivity contribution in [2.24, 2.45) is 22.0 Å². The summed E-state index contributed by atoms with van der Waals surface area (Å²) in [7, 11) is 0. The molecule has 24 heavy (non-hydrogen) atoms. The van der Waals surface area contributed by atoms with Crippen LogP contribution in [0.1, 0.15) is 24.2 Å². The predicted octanol–water partition coefficient (Wildman–Crippen LogP) is 0.0704. The monoisotopic (exact) mass is 326 g/mol. The number of hydrazone groups is 2. The summed E-state index contributed by atoms with van der Waals surface area (Å²) >= 11 is 0. The zero-order valence-electron chi connectivity index (χ0n) is 12.6. The Morgan fingerprint density at radius 3 is 2.96 bits per heavy atom. The number of aromatic nitrogens is 2. The lowest BCUT2D eigenvalue weighted by molar-refractivity contribution is -0.124. The van der Waals surface area contributed by atoms with Gasteiger partial charge in [-0.25, -0.2) is 15.5 Å². The molecule has 4 rings (SSSR count). The van der Waals surface area contributed by atoms with E-state index < -0.39 is 11.8 Å². The van der Waals surface area contributed by atoms with Gasteiger partial charge in [-0.05, 0) is 24.4 Å². The molecule has 0 spiro atoms. The number of nitrogens with zero attached hydrogens (tertiary/aromatic N) is 4. The van der Waals surface area contributed by atoms with E-state index in [2.05, 4.69) is 31.4 Å². The number of aryl methyl sites for hydroxylation is 1. The van der Waals surface area contributed by atoms with Crippen molar-refractivity contribution in [2.45, 2.75) is 19.3 Å². The Labute approximate surface area is 136 Å². The summed E-state index contributed by atoms with van der Waals surface area (Å²) in [6, 6.07) is 0. The predicted molar refractivity (Wildman–Crippen MR) is 82.8 cm³/mol. The fourth-order valence-corrected chi connectivity index (χ4v) is 3.00. The highest BCUT2D eigenvalue weighted by Crippen LogP contribution is 2.24. The number of fused-ring (bicyclic) bond motifs is 2. The first-order chi connectivity index (χ1) is 11.7. The Morgan fingerprint density at radius 1 is 1.25 bits per heavy atom. The van der Waals surface area contributed by atoms with E-state index in [0.717, 1.165) is 18.5 Å². The van der Waals surface area contributed by atoms with Crippen molar-refractivity contribution < 1.29 is 14.2 Å². The first-order valence-corrected chi connectivity index (χ1v) is 7.65. The first-order valence-electron chi connectivity index (χ1n) is 7.65. The zero-order chi connectivity index (χ0) is 16.5. The van der Waals surface area contributed by atoms with Gasteiger partial charge in [0.1, 0.15) is 11.4 Å². The summed E-state index contributed by atoms with van der Waals surface area (Å²) in [6.45, 7) is 0. The number of allylic oxidation sites excluding steroid dienone is 3. The van der Waals surface area contributed by atoms with E-state index >= 15 is 0 Å². The quantitative estimate of drug-likeness (QED) is 0.745. The molecule has 0 unspecified atom stereocenters. The first kappa shape index (κ1) is 14.5. The van der Waals surface area contributed by atoms with E-state index in [1.54, 1.807) is 24.3 Å². The van der Waals surface area contributed by atoms with E-state index in [0.29, 0.717) is 17.8 Å². The Balaban J connectivity index is 1.53. The average Bonchev–Trinajstić information content (AvgIpc) is 3.09. The topological polar surface area (TPSA) is 122 Å². The van der Waals surface area contributed by atoms with Crippen molar-refractivity contribution in [1.29, 1.82) is 0 Å². The fourth-order valence-electron chi connectivity index (χ4n) is 3.00. The van der Waals surface area contributed by atoms with Crippen LogP contribution >= 0.6 is 0 Å². The molecule has 0 saturated heterocycles. The highest BCUT2D eigenvalue weighted by Gasteiger charge is 2.36. The summed E-state index contributed by atoms with van der Waals surface area (Å²) < 4.78 is 4.72. The van der Waals surface area contributed by atoms with Crippen molar-refractivity contribution >= 4 is 23.2 Å². The van der Waals surface area contributed by atoms with Crippen molar-refractivity contribution in [3.8, 4) is 0 Å². The van der Waals surface area contributed by atoms with Gasteiger partial charge in [-0.15, -0.1) is 0 Å². The molecule has 0 radical (unpaired) electrons. The van der Waals surface area contributed by atoms with Crippen LogP contribution < -0.4 is 10.9 Å². The maximum absolute atomic E-state index is 12.4. The number of carbonyl (C=O) groups excluding carboxylic acids is 2. The van der Waals surface area contributed by atoms with Crippen molar-refractivity contribution in [2.75, 3.05) is 0 Å². The maximum Gasteiger partial charge on any atom is 0.288 e. The van der Waals surface area contributed by atoms with Crippen molar-refractivity contribution in [3.63, 3.8) is 0 Å². The van der Waals surface area contributed by atoms with Gasteiger partial charge < -0.3 is 0 Å². The molecule has 2 heterocycles. The number of carbonyl (C=O) groups is 2. The molecule has 0 aromatic carbocycles. The summed E-state index contributed by atoms with van der Waals surface area (Å²) in [6.07, 6.45) is 9.44. The van der Waals surface area contributed by atoms with Gasteiger partial charge in [0.25, 0.3) is 5.91 Å². The highest BCUT2D eigenvalue weighted by molar-refractivity contribution is 6.41. The molecule has 0 saturated carbocycles. The molecule has 2 aliphatic carbocycles. The van der Waals surface area contributed by atoms with Crippen LogP contribution in [0.25, 0.3) is 0 Å². The molecule has 0 fully saturated rings. The molecule has 0 bridgehead atoms. The molecule has 9 heteroatoms. The van der Waals surface area contributed by atoms with Crippen LogP contribution in [0.2, 0.25) is 0 Å². The second kappa shape index (κ2) is 5.84. The Morgan fingerprint density at radius 2 is 2.08 bits per heavy atom. The molecule has 122 valence electrons. The lowest BCUT2D eigenvalue weighted by Gasteiger charge is -2.27. The average molecular weight is 326 g/mol. The van der Waals surface area contributed by atoms with Gasteiger partial charge >= 0.3 is 0 Å². The minimum atomic E-state index is -0.457. The fraction of sp³-hybridized carbons (Fsp3) is 0.333. The van der Waals surface area contributed by atoms with Crippen LogP contribution in [-0.2, 0) is 16.0 Å². The highest BCUT2D eigenvalue weighted by atomic mass is 16.6. The number of hydrogen-bond acceptors (Lipinski definition) is 7. The van der Waals surface area contributed by atoms with Crippen LogP contribution in [0, 0.1) is 11.8 Å². The van der Waals surface area contributed by atoms with Gasteiger partial charge in [-0.3, -0.25) is 9.59 Å². The Hall–Kier alpha value is -3.10. The third-order valence-electron chi connectivity index (χ3n) is 4.22. The van der Waals surface area contributed by atoms with Gasteiger partial charge in [0, 0.05) is 5.92 Å². The molecule has 2 amide bonds. The molecule has 2 atom stereocenters. The molecule has 2 N–H and O–H groups in total. The van der Waals surface area contributed by atoms with Gasteiger partial charge in [0.15, 0.2) is 5.69 Å². The van der Waals surface area contributed by atoms with E-state index in [4.69, 9.17) is 4.63 Å². The standard InChI is InChI=1S/C15H14N6O3/c22-14-9-5-2-1-4-8(9)12(17-18-14)15(23)19-16-10-6-3-7-11-13(10)21-24-20-11/h1-2,4-5,8-9H,3,6-7H2,(H,18,22)(H,19,23)/b16-10-/t8-,9-/m1/s1. The van der Waals surface area contributed by atoms with Crippen LogP contribution in [0.15, 0.2) is 39.1 Å². The van der Waals surface area contributed by atoms with E-state index in [1.165, 1.54) is 0 Å². The van der Waals surface area contributed by atoms with Crippen LogP contribution in [0.3, 0.4) is 0 Å². The molecule has 3 aliphatic rings. The molecule has 9 nitrogen and oxygen atoms in total. The molecular formula is C15H14N6O3. The van der Waals surface area contributed by atoms with Gasteiger partial charge in [0.2, 0.25) is 5.91 Å². The van der Waals surface area contributed by atoms with E-state index in [-0.39, 0.29) is 17.5 Å². The lowest BCUT2D eigenvalue weighted by atomic mass is 9.83. The third kappa shape index (κ3) is 2.43. The zero-order valence-corrected chi connectivity index (χ0v) is 12.6. The maximum atomic E-state index is 12.4. The smallest absolute Gasteiger partial charge is 0.272 e. The lowest BCUT2D eigenvalue weighted by Crippen LogP contribution is -2.46. The molecular weight excluding hydrogens is 312 g/mol. The Bertz CT molecular complexity index is 819. The third-order valence-corrected chi connectivity index (χ3v) is 4.22. The minimum absolute atomic E-state index is 0.221. The SMILES string of the molecule is O=C(N/N=C1/CCCc2nonc21)C1=NNC(=O)[C@@H]2C=CC=C[C@@H]12. The van der Waals surface area contributed by atoms with Gasteiger partial charge in [0.05, 0.1) is 11.6 Å². The number of amides is 2. The number of rotatable bonds is 2. The molecule has 1 aromatic rings. The normalized spacial score (nSPS) is 26.4. The molecule has 1 aliphatic heterocycles. The summed E-state index contributed by atoms with van der Waals surface area (Å²) in [4.78, 5) is 24.3. The van der Waals surface area contributed by atoms with Crippen molar-refractivity contribution in [1.82, 2.24) is 21.2 Å². The number of nitrogens with one attached hydrogen (secondary N) is 2. The van der Waals surface area contributed by atoms with Crippen LogP contribution in [-0.4, -0.2) is 33.6 Å². The second-order valence-electron chi connectivity index (χ2n) is 5.71. The summed E-state index contributed by atoms with van der Waals surface area (Å²) in [5, 5.41) is 15.7.